The van der Waals surface area contributed by atoms with Gasteiger partial charge in [-0.15, -0.1) is 0 Å². The monoisotopic (exact) mass is 418 g/mol. The molecule has 2 amide bonds. The van der Waals surface area contributed by atoms with Gasteiger partial charge in [-0.1, -0.05) is 59.6 Å². The molecule has 2 aliphatic heterocycles. The van der Waals surface area contributed by atoms with Crippen LogP contribution in [0, 0.1) is 12.8 Å². The number of hydrogen-bond acceptors (Lipinski definition) is 4. The molecular formula is C24H19ClN2O3. The molecule has 2 saturated heterocycles. The average Bonchev–Trinajstić information content (AvgIpc) is 3.27. The third-order valence-corrected chi connectivity index (χ3v) is 5.88. The first-order valence-corrected chi connectivity index (χ1v) is 10.1. The molecule has 2 fully saturated rings. The lowest BCUT2D eigenvalue weighted by atomic mass is 9.90. The molecule has 30 heavy (non-hydrogen) atoms. The van der Waals surface area contributed by atoms with Gasteiger partial charge in [0.2, 0.25) is 5.91 Å². The number of rotatable bonds is 3. The van der Waals surface area contributed by atoms with E-state index in [0.717, 1.165) is 16.8 Å². The highest BCUT2D eigenvalue weighted by molar-refractivity contribution is 6.30. The van der Waals surface area contributed by atoms with Crippen molar-refractivity contribution in [3.05, 3.63) is 95.0 Å². The lowest BCUT2D eigenvalue weighted by Crippen LogP contribution is -2.37. The summed E-state index contributed by atoms with van der Waals surface area (Å²) in [5.41, 5.74) is 3.27. The number of anilines is 2. The molecule has 0 saturated carbocycles. The Hall–Kier alpha value is -3.15. The van der Waals surface area contributed by atoms with Crippen molar-refractivity contribution in [3.63, 3.8) is 0 Å². The molecule has 2 aliphatic rings. The first-order chi connectivity index (χ1) is 14.5. The van der Waals surface area contributed by atoms with Gasteiger partial charge in [0.25, 0.3) is 5.91 Å². The van der Waals surface area contributed by atoms with Gasteiger partial charge in [0.05, 0.1) is 17.4 Å². The summed E-state index contributed by atoms with van der Waals surface area (Å²) in [5, 5.41) is 2.29. The summed E-state index contributed by atoms with van der Waals surface area (Å²) in [4.78, 5) is 34.1. The minimum Gasteiger partial charge on any atom is -0.273 e. The number of aryl methyl sites for hydroxylation is 1. The highest BCUT2D eigenvalue weighted by Crippen LogP contribution is 2.47. The Morgan fingerprint density at radius 1 is 0.800 bits per heavy atom. The number of para-hydroxylation sites is 1. The lowest BCUT2D eigenvalue weighted by molar-refractivity contribution is -0.126. The standard InChI is InChI=1S/C24H19ClN2O3/c1-15-7-13-18(14-8-15)26-23(28)20-21(16-9-11-17(25)12-10-16)27(30-22(20)24(26)29)19-5-3-2-4-6-19/h2-14,20-22H,1H3/t20-,21-,22+/m0/s1. The molecule has 3 atom stereocenters. The van der Waals surface area contributed by atoms with E-state index in [2.05, 4.69) is 0 Å². The van der Waals surface area contributed by atoms with E-state index in [-0.39, 0.29) is 11.8 Å². The second-order valence-electron chi connectivity index (χ2n) is 7.56. The fourth-order valence-corrected chi connectivity index (χ4v) is 4.29. The van der Waals surface area contributed by atoms with Crippen LogP contribution in [0.15, 0.2) is 78.9 Å². The number of hydroxylamine groups is 1. The number of nitrogens with zero attached hydrogens (tertiary/aromatic N) is 2. The second kappa shape index (κ2) is 7.27. The molecular weight excluding hydrogens is 400 g/mol. The van der Waals surface area contributed by atoms with E-state index >= 15 is 0 Å². The SMILES string of the molecule is Cc1ccc(N2C(=O)[C@@H]3[C@@H](ON(c4ccccc4)[C@H]3c3ccc(Cl)cc3)C2=O)cc1. The fraction of sp³-hybridized carbons (Fsp3) is 0.167. The van der Waals surface area contributed by atoms with Crippen molar-refractivity contribution in [1.29, 1.82) is 0 Å². The summed E-state index contributed by atoms with van der Waals surface area (Å²) >= 11 is 6.08. The smallest absolute Gasteiger partial charge is 0.266 e. The number of carbonyl (C=O) groups is 2. The zero-order valence-electron chi connectivity index (χ0n) is 16.2. The minimum atomic E-state index is -0.875. The quantitative estimate of drug-likeness (QED) is 0.578. The number of hydrogen-bond donors (Lipinski definition) is 0. The van der Waals surface area contributed by atoms with Crippen molar-refractivity contribution in [2.75, 3.05) is 9.96 Å². The van der Waals surface area contributed by atoms with Crippen molar-refractivity contribution < 1.29 is 14.4 Å². The van der Waals surface area contributed by atoms with Crippen LogP contribution >= 0.6 is 11.6 Å². The summed E-state index contributed by atoms with van der Waals surface area (Å²) in [6.45, 7) is 1.96. The predicted molar refractivity (Wildman–Crippen MR) is 115 cm³/mol. The van der Waals surface area contributed by atoms with Gasteiger partial charge in [-0.05, 0) is 48.9 Å². The van der Waals surface area contributed by atoms with E-state index in [1.165, 1.54) is 4.90 Å². The average molecular weight is 419 g/mol. The van der Waals surface area contributed by atoms with Crippen molar-refractivity contribution in [1.82, 2.24) is 0 Å². The van der Waals surface area contributed by atoms with Crippen LogP contribution in [0.25, 0.3) is 0 Å². The minimum absolute atomic E-state index is 0.257. The molecule has 150 valence electrons. The Kier molecular flexibility index (Phi) is 4.57. The van der Waals surface area contributed by atoms with Gasteiger partial charge in [-0.3, -0.25) is 14.4 Å². The molecule has 0 radical (unpaired) electrons. The summed E-state index contributed by atoms with van der Waals surface area (Å²) in [7, 11) is 0. The number of imide groups is 1. The van der Waals surface area contributed by atoms with Gasteiger partial charge in [-0.25, -0.2) is 9.96 Å². The van der Waals surface area contributed by atoms with E-state index in [4.69, 9.17) is 16.4 Å². The van der Waals surface area contributed by atoms with Gasteiger partial charge in [-0.2, -0.15) is 0 Å². The molecule has 3 aromatic rings. The predicted octanol–water partition coefficient (Wildman–Crippen LogP) is 4.70. The topological polar surface area (TPSA) is 49.9 Å². The summed E-state index contributed by atoms with van der Waals surface area (Å²) < 4.78 is 0. The first kappa shape index (κ1) is 18.9. The molecule has 5 nitrogen and oxygen atoms in total. The van der Waals surface area contributed by atoms with Crippen LogP contribution in [0.2, 0.25) is 5.02 Å². The van der Waals surface area contributed by atoms with E-state index in [9.17, 15) is 9.59 Å². The summed E-state index contributed by atoms with van der Waals surface area (Å²) in [5.74, 6) is -1.25. The number of halogens is 1. The number of amides is 2. The van der Waals surface area contributed by atoms with Gasteiger partial charge < -0.3 is 0 Å². The van der Waals surface area contributed by atoms with Crippen LogP contribution in [0.1, 0.15) is 17.2 Å². The third-order valence-electron chi connectivity index (χ3n) is 5.63. The van der Waals surface area contributed by atoms with Crippen LogP contribution in [0.4, 0.5) is 11.4 Å². The molecule has 0 aliphatic carbocycles. The fourth-order valence-electron chi connectivity index (χ4n) is 4.16. The van der Waals surface area contributed by atoms with E-state index in [1.54, 1.807) is 29.3 Å². The highest BCUT2D eigenvalue weighted by atomic mass is 35.5. The number of carbonyl (C=O) groups excluding carboxylic acids is 2. The molecule has 3 aromatic carbocycles. The highest BCUT2D eigenvalue weighted by Gasteiger charge is 2.60. The molecule has 5 rings (SSSR count). The normalized spacial score (nSPS) is 23.2. The van der Waals surface area contributed by atoms with E-state index < -0.39 is 18.1 Å². The Morgan fingerprint density at radius 2 is 1.47 bits per heavy atom. The van der Waals surface area contributed by atoms with E-state index in [0.29, 0.717) is 10.7 Å². The largest absolute Gasteiger partial charge is 0.273 e. The molecule has 0 unspecified atom stereocenters. The molecule has 0 spiro atoms. The van der Waals surface area contributed by atoms with Gasteiger partial charge in [0, 0.05) is 5.02 Å². The van der Waals surface area contributed by atoms with Crippen LogP contribution in [0.3, 0.4) is 0 Å². The van der Waals surface area contributed by atoms with Gasteiger partial charge in [0.1, 0.15) is 5.92 Å². The molecule has 0 aromatic heterocycles. The Labute approximate surface area is 179 Å². The zero-order chi connectivity index (χ0) is 20.8. The first-order valence-electron chi connectivity index (χ1n) is 9.75. The third kappa shape index (κ3) is 2.98. The van der Waals surface area contributed by atoms with Crippen LogP contribution in [-0.2, 0) is 14.4 Å². The molecule has 2 heterocycles. The summed E-state index contributed by atoms with van der Waals surface area (Å²) in [6.07, 6.45) is -0.875. The maximum absolute atomic E-state index is 13.5. The Bertz CT molecular complexity index is 1100. The lowest BCUT2D eigenvalue weighted by Gasteiger charge is -2.28. The molecule has 0 bridgehead atoms. The van der Waals surface area contributed by atoms with Gasteiger partial charge in [0.15, 0.2) is 6.10 Å². The summed E-state index contributed by atoms with van der Waals surface area (Å²) in [6, 6.07) is 23.7. The molecule has 6 heteroatoms. The van der Waals surface area contributed by atoms with Gasteiger partial charge >= 0.3 is 0 Å². The van der Waals surface area contributed by atoms with Crippen LogP contribution in [0.5, 0.6) is 0 Å². The number of fused-ring (bicyclic) bond motifs is 1. The van der Waals surface area contributed by atoms with Crippen molar-refractivity contribution in [2.24, 2.45) is 5.92 Å². The maximum Gasteiger partial charge on any atom is 0.266 e. The molecule has 0 N–H and O–H groups in total. The Balaban J connectivity index is 1.58. The van der Waals surface area contributed by atoms with Crippen molar-refractivity contribution in [3.8, 4) is 0 Å². The Morgan fingerprint density at radius 3 is 2.13 bits per heavy atom. The zero-order valence-corrected chi connectivity index (χ0v) is 17.0. The van der Waals surface area contributed by atoms with Crippen molar-refractivity contribution >= 4 is 34.8 Å². The second-order valence-corrected chi connectivity index (χ2v) is 7.99. The van der Waals surface area contributed by atoms with Crippen LogP contribution in [-0.4, -0.2) is 17.9 Å². The van der Waals surface area contributed by atoms with Crippen LogP contribution < -0.4 is 9.96 Å². The number of benzene rings is 3. The van der Waals surface area contributed by atoms with E-state index in [1.807, 2.05) is 61.5 Å². The van der Waals surface area contributed by atoms with Crippen molar-refractivity contribution in [2.45, 2.75) is 19.1 Å². The maximum atomic E-state index is 13.5.